The van der Waals surface area contributed by atoms with Crippen LogP contribution in [0.15, 0.2) is 42.6 Å². The maximum atomic E-state index is 13.5. The monoisotopic (exact) mass is 452 g/mol. The van der Waals surface area contributed by atoms with Gasteiger partial charge in [-0.15, -0.1) is 0 Å². The van der Waals surface area contributed by atoms with E-state index in [4.69, 9.17) is 17.3 Å². The summed E-state index contributed by atoms with van der Waals surface area (Å²) in [7, 11) is 0. The molecule has 0 saturated carbocycles. The maximum absolute atomic E-state index is 13.5. The summed E-state index contributed by atoms with van der Waals surface area (Å²) < 4.78 is 53.4. The highest BCUT2D eigenvalue weighted by Crippen LogP contribution is 2.35. The van der Waals surface area contributed by atoms with Gasteiger partial charge in [0.15, 0.2) is 0 Å². The lowest BCUT2D eigenvalue weighted by molar-refractivity contribution is -0.137. The average molecular weight is 453 g/mol. The topological polar surface area (TPSA) is 71.2 Å². The van der Waals surface area contributed by atoms with Gasteiger partial charge in [-0.25, -0.2) is 14.4 Å². The van der Waals surface area contributed by atoms with Crippen LogP contribution in [0.25, 0.3) is 11.3 Å². The third-order valence-electron chi connectivity index (χ3n) is 4.94. The fraction of sp³-hybridized carbons (Fsp3) is 0.250. The number of benzene rings is 1. The van der Waals surface area contributed by atoms with Crippen molar-refractivity contribution in [3.8, 4) is 11.3 Å². The number of aromatic nitrogens is 3. The number of hydrogen-bond acceptors (Lipinski definition) is 6. The van der Waals surface area contributed by atoms with E-state index in [-0.39, 0.29) is 16.8 Å². The van der Waals surface area contributed by atoms with Crippen LogP contribution in [-0.2, 0) is 6.18 Å². The highest BCUT2D eigenvalue weighted by molar-refractivity contribution is 6.31. The molecule has 1 fully saturated rings. The Morgan fingerprint density at radius 1 is 0.968 bits per heavy atom. The van der Waals surface area contributed by atoms with Crippen molar-refractivity contribution in [1.82, 2.24) is 15.0 Å². The van der Waals surface area contributed by atoms with Crippen LogP contribution in [0.4, 0.5) is 35.1 Å². The zero-order valence-electron chi connectivity index (χ0n) is 16.1. The van der Waals surface area contributed by atoms with Crippen LogP contribution in [0.2, 0.25) is 5.02 Å². The molecule has 1 aliphatic rings. The van der Waals surface area contributed by atoms with Crippen molar-refractivity contribution in [1.29, 1.82) is 0 Å². The third-order valence-corrected chi connectivity index (χ3v) is 5.23. The van der Waals surface area contributed by atoms with E-state index in [0.29, 0.717) is 43.3 Å². The van der Waals surface area contributed by atoms with E-state index in [1.165, 1.54) is 30.5 Å². The normalized spacial score (nSPS) is 14.7. The van der Waals surface area contributed by atoms with Gasteiger partial charge < -0.3 is 15.5 Å². The minimum absolute atomic E-state index is 0.0273. The number of pyridine rings is 1. The third kappa shape index (κ3) is 4.48. The fourth-order valence-corrected chi connectivity index (χ4v) is 3.62. The quantitative estimate of drug-likeness (QED) is 0.599. The number of nitrogens with two attached hydrogens (primary N) is 1. The number of halogens is 5. The van der Waals surface area contributed by atoms with E-state index in [9.17, 15) is 17.6 Å². The molecule has 31 heavy (non-hydrogen) atoms. The second-order valence-corrected chi connectivity index (χ2v) is 7.35. The number of nitrogen functional groups attached to an aromatic ring is 1. The molecule has 2 aromatic heterocycles. The van der Waals surface area contributed by atoms with Crippen LogP contribution in [0.3, 0.4) is 0 Å². The van der Waals surface area contributed by atoms with Crippen molar-refractivity contribution in [3.05, 3.63) is 59.0 Å². The second-order valence-electron chi connectivity index (χ2n) is 6.94. The van der Waals surface area contributed by atoms with Crippen molar-refractivity contribution in [2.45, 2.75) is 6.18 Å². The Hall–Kier alpha value is -3.14. The Morgan fingerprint density at radius 2 is 1.68 bits per heavy atom. The van der Waals surface area contributed by atoms with Crippen LogP contribution in [-0.4, -0.2) is 41.1 Å². The Labute approximate surface area is 180 Å². The van der Waals surface area contributed by atoms with Gasteiger partial charge in [-0.3, -0.25) is 0 Å². The maximum Gasteiger partial charge on any atom is 0.419 e. The molecule has 162 valence electrons. The molecule has 0 radical (unpaired) electrons. The minimum atomic E-state index is -4.48. The van der Waals surface area contributed by atoms with E-state index < -0.39 is 17.6 Å². The molecule has 0 aliphatic carbocycles. The van der Waals surface area contributed by atoms with E-state index in [1.54, 1.807) is 11.0 Å². The number of anilines is 3. The van der Waals surface area contributed by atoms with Gasteiger partial charge >= 0.3 is 6.18 Å². The number of alkyl halides is 3. The zero-order valence-corrected chi connectivity index (χ0v) is 16.8. The molecule has 11 heteroatoms. The Balaban J connectivity index is 1.55. The summed E-state index contributed by atoms with van der Waals surface area (Å²) >= 11 is 5.86. The summed E-state index contributed by atoms with van der Waals surface area (Å²) in [6, 6.07) is 8.21. The van der Waals surface area contributed by atoms with Crippen molar-refractivity contribution in [2.24, 2.45) is 0 Å². The van der Waals surface area contributed by atoms with Crippen molar-refractivity contribution in [3.63, 3.8) is 0 Å². The first kappa shape index (κ1) is 21.1. The lowest BCUT2D eigenvalue weighted by Gasteiger charge is -2.37. The van der Waals surface area contributed by atoms with Gasteiger partial charge in [0.2, 0.25) is 5.95 Å². The predicted octanol–water partition coefficient (Wildman–Crippen LogP) is 4.26. The molecule has 1 aliphatic heterocycles. The van der Waals surface area contributed by atoms with Gasteiger partial charge in [-0.1, -0.05) is 11.6 Å². The van der Waals surface area contributed by atoms with Crippen LogP contribution in [0, 0.1) is 5.82 Å². The molecule has 0 atom stereocenters. The average Bonchev–Trinajstić information content (AvgIpc) is 2.75. The molecule has 4 rings (SSSR count). The molecule has 0 spiro atoms. The first-order valence-corrected chi connectivity index (χ1v) is 9.72. The molecule has 6 nitrogen and oxygen atoms in total. The Morgan fingerprint density at radius 3 is 2.35 bits per heavy atom. The molecule has 0 bridgehead atoms. The number of hydrogen-bond donors (Lipinski definition) is 1. The van der Waals surface area contributed by atoms with Crippen molar-refractivity contribution in [2.75, 3.05) is 41.7 Å². The summed E-state index contributed by atoms with van der Waals surface area (Å²) in [5.41, 5.74) is 6.14. The molecule has 1 saturated heterocycles. The summed E-state index contributed by atoms with van der Waals surface area (Å²) in [5, 5.41) is -0.0410. The molecular formula is C20H17ClF4N6. The summed E-state index contributed by atoms with van der Waals surface area (Å²) in [6.45, 7) is 1.46. The predicted molar refractivity (Wildman–Crippen MR) is 111 cm³/mol. The molecule has 3 aromatic rings. The van der Waals surface area contributed by atoms with E-state index >= 15 is 0 Å². The second kappa shape index (κ2) is 8.18. The lowest BCUT2D eigenvalue weighted by atomic mass is 10.1. The van der Waals surface area contributed by atoms with Crippen LogP contribution in [0.1, 0.15) is 5.56 Å². The lowest BCUT2D eigenvalue weighted by Crippen LogP contribution is -2.47. The number of piperazine rings is 1. The molecule has 1 aromatic carbocycles. The van der Waals surface area contributed by atoms with Gasteiger partial charge in [0, 0.05) is 44.0 Å². The van der Waals surface area contributed by atoms with Crippen molar-refractivity contribution >= 4 is 29.2 Å². The largest absolute Gasteiger partial charge is 0.419 e. The van der Waals surface area contributed by atoms with Crippen LogP contribution >= 0.6 is 11.6 Å². The summed E-state index contributed by atoms with van der Waals surface area (Å²) in [6.07, 6.45) is -3.13. The van der Waals surface area contributed by atoms with Gasteiger partial charge in [0.25, 0.3) is 0 Å². The van der Waals surface area contributed by atoms with Crippen LogP contribution < -0.4 is 15.5 Å². The van der Waals surface area contributed by atoms with Gasteiger partial charge in [0.05, 0.1) is 16.3 Å². The molecular weight excluding hydrogens is 436 g/mol. The van der Waals surface area contributed by atoms with Gasteiger partial charge in [0.1, 0.15) is 17.5 Å². The summed E-state index contributed by atoms with van der Waals surface area (Å²) in [4.78, 5) is 15.9. The smallest absolute Gasteiger partial charge is 0.368 e. The molecule has 0 amide bonds. The first-order valence-electron chi connectivity index (χ1n) is 9.34. The van der Waals surface area contributed by atoms with Crippen LogP contribution in [0.5, 0.6) is 0 Å². The number of nitrogens with zero attached hydrogens (tertiary/aromatic N) is 5. The fourth-order valence-electron chi connectivity index (χ4n) is 3.44. The summed E-state index contributed by atoms with van der Waals surface area (Å²) in [5.74, 6) is -0.0749. The zero-order chi connectivity index (χ0) is 22.2. The van der Waals surface area contributed by atoms with E-state index in [0.717, 1.165) is 6.07 Å². The molecule has 2 N–H and O–H groups in total. The minimum Gasteiger partial charge on any atom is -0.368 e. The highest BCUT2D eigenvalue weighted by atomic mass is 35.5. The van der Waals surface area contributed by atoms with Gasteiger partial charge in [-0.05, 0) is 30.3 Å². The Kier molecular flexibility index (Phi) is 5.57. The SMILES string of the molecule is Nc1nc(-c2ccc(F)c(Cl)c2)cc(N2CCN(c3ncccc3C(F)(F)F)CC2)n1. The van der Waals surface area contributed by atoms with E-state index in [2.05, 4.69) is 15.0 Å². The highest BCUT2D eigenvalue weighted by Gasteiger charge is 2.36. The molecule has 0 unspecified atom stereocenters. The van der Waals surface area contributed by atoms with Gasteiger partial charge in [-0.2, -0.15) is 18.2 Å². The Bertz CT molecular complexity index is 1100. The van der Waals surface area contributed by atoms with Crippen molar-refractivity contribution < 1.29 is 17.6 Å². The van der Waals surface area contributed by atoms with E-state index in [1.807, 2.05) is 4.90 Å². The first-order chi connectivity index (χ1) is 14.7. The standard InChI is InChI=1S/C20H17ClF4N6/c21-14-10-12(3-4-15(14)22)16-11-17(29-19(26)28-16)30-6-8-31(9-7-30)18-13(20(23,24)25)2-1-5-27-18/h1-5,10-11H,6-9H2,(H2,26,28,29). The number of rotatable bonds is 3. The molecule has 3 heterocycles.